The molecule has 0 unspecified atom stereocenters. The lowest BCUT2D eigenvalue weighted by molar-refractivity contribution is -0.138. The van der Waals surface area contributed by atoms with Crippen molar-refractivity contribution in [1.29, 1.82) is 0 Å². The van der Waals surface area contributed by atoms with Crippen LogP contribution in [0.15, 0.2) is 12.4 Å². The summed E-state index contributed by atoms with van der Waals surface area (Å²) in [6.07, 6.45) is 4.03. The van der Waals surface area contributed by atoms with Crippen molar-refractivity contribution in [3.8, 4) is 0 Å². The number of aliphatic carboxylic acids is 1. The lowest BCUT2D eigenvalue weighted by Gasteiger charge is -2.25. The molecule has 1 aromatic heterocycles. The predicted molar refractivity (Wildman–Crippen MR) is 67.5 cm³/mol. The molecule has 8 nitrogen and oxygen atoms in total. The fourth-order valence-corrected chi connectivity index (χ4v) is 1.52. The van der Waals surface area contributed by atoms with E-state index in [0.29, 0.717) is 19.5 Å². The first kappa shape index (κ1) is 14.9. The molecule has 1 aromatic rings. The van der Waals surface area contributed by atoms with Crippen LogP contribution in [0.4, 0.5) is 4.79 Å². The molecule has 0 radical (unpaired) electrons. The van der Waals surface area contributed by atoms with Gasteiger partial charge in [0.25, 0.3) is 0 Å². The zero-order valence-corrected chi connectivity index (χ0v) is 11.1. The van der Waals surface area contributed by atoms with Crippen LogP contribution < -0.4 is 5.32 Å². The van der Waals surface area contributed by atoms with Crippen molar-refractivity contribution >= 4 is 12.0 Å². The number of nitrogens with zero attached hydrogens (tertiary/aromatic N) is 4. The maximum Gasteiger partial charge on any atom is 0.323 e. The Morgan fingerprint density at radius 3 is 2.74 bits per heavy atom. The van der Waals surface area contributed by atoms with Crippen LogP contribution >= 0.6 is 0 Å². The molecular formula is C11H19N5O3. The van der Waals surface area contributed by atoms with Gasteiger partial charge in [-0.15, -0.1) is 5.10 Å². The molecule has 2 amide bonds. The molecule has 0 fully saturated rings. The number of carboxylic acid groups (broad SMARTS) is 1. The van der Waals surface area contributed by atoms with E-state index in [1.54, 1.807) is 30.9 Å². The summed E-state index contributed by atoms with van der Waals surface area (Å²) < 4.78 is 1.67. The summed E-state index contributed by atoms with van der Waals surface area (Å²) in [5, 5.41) is 18.9. The second kappa shape index (κ2) is 7.34. The van der Waals surface area contributed by atoms with Crippen LogP contribution in [-0.2, 0) is 11.3 Å². The molecule has 106 valence electrons. The Labute approximate surface area is 111 Å². The highest BCUT2D eigenvalue weighted by molar-refractivity contribution is 5.80. The number of hydrogen-bond donors (Lipinski definition) is 2. The third-order valence-electron chi connectivity index (χ3n) is 2.50. The number of carbonyl (C=O) groups excluding carboxylic acids is 1. The Bertz CT molecular complexity index is 404. The van der Waals surface area contributed by atoms with Gasteiger partial charge in [0, 0.05) is 25.3 Å². The third-order valence-corrected chi connectivity index (χ3v) is 2.50. The van der Waals surface area contributed by atoms with Gasteiger partial charge in [-0.25, -0.2) is 4.79 Å². The number of amides is 2. The fourth-order valence-electron chi connectivity index (χ4n) is 1.52. The van der Waals surface area contributed by atoms with Gasteiger partial charge in [0.15, 0.2) is 0 Å². The van der Waals surface area contributed by atoms with Gasteiger partial charge in [0.05, 0.1) is 6.20 Å². The van der Waals surface area contributed by atoms with E-state index in [9.17, 15) is 9.59 Å². The second-order valence-electron chi connectivity index (χ2n) is 4.37. The van der Waals surface area contributed by atoms with Gasteiger partial charge in [0.2, 0.25) is 0 Å². The Morgan fingerprint density at radius 1 is 1.47 bits per heavy atom. The molecule has 0 saturated carbocycles. The first-order valence-corrected chi connectivity index (χ1v) is 6.11. The summed E-state index contributed by atoms with van der Waals surface area (Å²) in [7, 11) is 0. The Balaban J connectivity index is 2.29. The topological polar surface area (TPSA) is 100 Å². The predicted octanol–water partition coefficient (Wildman–Crippen LogP) is 0.173. The standard InChI is InChI=1S/C11H19N5O3/c1-9(2)16(8-10(17)18)11(19)12-4-3-6-15-7-5-13-14-15/h5,7,9H,3-4,6,8H2,1-2H3,(H,12,19)(H,17,18). The highest BCUT2D eigenvalue weighted by atomic mass is 16.4. The summed E-state index contributed by atoms with van der Waals surface area (Å²) >= 11 is 0. The van der Waals surface area contributed by atoms with Crippen LogP contribution in [-0.4, -0.2) is 56.1 Å². The highest BCUT2D eigenvalue weighted by Crippen LogP contribution is 1.98. The van der Waals surface area contributed by atoms with Gasteiger partial charge in [-0.2, -0.15) is 0 Å². The second-order valence-corrected chi connectivity index (χ2v) is 4.37. The van der Waals surface area contributed by atoms with Gasteiger partial charge in [-0.1, -0.05) is 5.21 Å². The lowest BCUT2D eigenvalue weighted by Crippen LogP contribution is -2.46. The van der Waals surface area contributed by atoms with E-state index >= 15 is 0 Å². The van der Waals surface area contributed by atoms with Crippen LogP contribution in [0.5, 0.6) is 0 Å². The number of hydrogen-bond acceptors (Lipinski definition) is 4. The van der Waals surface area contributed by atoms with Gasteiger partial charge in [0.1, 0.15) is 6.54 Å². The SMILES string of the molecule is CC(C)N(CC(=O)O)C(=O)NCCCn1ccnn1. The minimum absolute atomic E-state index is 0.161. The molecule has 19 heavy (non-hydrogen) atoms. The van der Waals surface area contributed by atoms with E-state index in [4.69, 9.17) is 5.11 Å². The van der Waals surface area contributed by atoms with Crippen LogP contribution in [0.25, 0.3) is 0 Å². The molecule has 0 aromatic carbocycles. The van der Waals surface area contributed by atoms with Crippen LogP contribution in [0, 0.1) is 0 Å². The first-order chi connectivity index (χ1) is 9.00. The smallest absolute Gasteiger partial charge is 0.323 e. The number of carbonyl (C=O) groups is 2. The van der Waals surface area contributed by atoms with E-state index in [2.05, 4.69) is 15.6 Å². The van der Waals surface area contributed by atoms with Crippen molar-refractivity contribution in [1.82, 2.24) is 25.2 Å². The van der Waals surface area contributed by atoms with Gasteiger partial charge in [-0.3, -0.25) is 9.48 Å². The molecule has 0 aliphatic rings. The third kappa shape index (κ3) is 5.36. The maximum atomic E-state index is 11.8. The molecule has 0 aliphatic carbocycles. The van der Waals surface area contributed by atoms with E-state index in [1.807, 2.05) is 0 Å². The van der Waals surface area contributed by atoms with Crippen molar-refractivity contribution in [3.63, 3.8) is 0 Å². The molecule has 0 saturated heterocycles. The van der Waals surface area contributed by atoms with Gasteiger partial charge in [-0.05, 0) is 20.3 Å². The van der Waals surface area contributed by atoms with E-state index in [-0.39, 0.29) is 18.6 Å². The number of aryl methyl sites for hydroxylation is 1. The molecule has 1 rings (SSSR count). The summed E-state index contributed by atoms with van der Waals surface area (Å²) in [5.74, 6) is -1.02. The van der Waals surface area contributed by atoms with Crippen LogP contribution in [0.3, 0.4) is 0 Å². The van der Waals surface area contributed by atoms with Crippen molar-refractivity contribution in [3.05, 3.63) is 12.4 Å². The number of carboxylic acids is 1. The molecular weight excluding hydrogens is 250 g/mol. The summed E-state index contributed by atoms with van der Waals surface area (Å²) in [6, 6.07) is -0.526. The molecule has 0 spiro atoms. The summed E-state index contributed by atoms with van der Waals surface area (Å²) in [4.78, 5) is 23.7. The number of rotatable bonds is 7. The molecule has 0 bridgehead atoms. The van der Waals surface area contributed by atoms with E-state index in [0.717, 1.165) is 0 Å². The van der Waals surface area contributed by atoms with E-state index < -0.39 is 5.97 Å². The maximum absolute atomic E-state index is 11.8. The largest absolute Gasteiger partial charge is 0.480 e. The minimum atomic E-state index is -1.02. The molecule has 0 aliphatic heterocycles. The zero-order chi connectivity index (χ0) is 14.3. The van der Waals surface area contributed by atoms with Gasteiger partial charge < -0.3 is 15.3 Å². The number of aromatic nitrogens is 3. The zero-order valence-electron chi connectivity index (χ0n) is 11.1. The number of urea groups is 1. The summed E-state index contributed by atoms with van der Waals surface area (Å²) in [5.41, 5.74) is 0. The Kier molecular flexibility index (Phi) is 5.77. The molecule has 0 atom stereocenters. The van der Waals surface area contributed by atoms with Crippen LogP contribution in [0.1, 0.15) is 20.3 Å². The van der Waals surface area contributed by atoms with Crippen LogP contribution in [0.2, 0.25) is 0 Å². The van der Waals surface area contributed by atoms with Crippen molar-refractivity contribution in [2.45, 2.75) is 32.9 Å². The first-order valence-electron chi connectivity index (χ1n) is 6.11. The highest BCUT2D eigenvalue weighted by Gasteiger charge is 2.18. The quantitative estimate of drug-likeness (QED) is 0.687. The Hall–Kier alpha value is -2.12. The molecule has 8 heteroatoms. The lowest BCUT2D eigenvalue weighted by atomic mass is 10.3. The monoisotopic (exact) mass is 269 g/mol. The van der Waals surface area contributed by atoms with E-state index in [1.165, 1.54) is 4.90 Å². The Morgan fingerprint density at radius 2 is 2.21 bits per heavy atom. The average molecular weight is 269 g/mol. The average Bonchev–Trinajstić information content (AvgIpc) is 2.83. The molecule has 2 N–H and O–H groups in total. The fraction of sp³-hybridized carbons (Fsp3) is 0.636. The van der Waals surface area contributed by atoms with Crippen molar-refractivity contribution in [2.24, 2.45) is 0 Å². The van der Waals surface area contributed by atoms with Crippen molar-refractivity contribution in [2.75, 3.05) is 13.1 Å². The number of nitrogens with one attached hydrogen (secondary N) is 1. The summed E-state index contributed by atoms with van der Waals surface area (Å²) in [6.45, 7) is 4.37. The molecule has 1 heterocycles. The normalized spacial score (nSPS) is 10.5. The van der Waals surface area contributed by atoms with Crippen molar-refractivity contribution < 1.29 is 14.7 Å². The van der Waals surface area contributed by atoms with Gasteiger partial charge >= 0.3 is 12.0 Å². The minimum Gasteiger partial charge on any atom is -0.480 e.